The maximum Gasteiger partial charge on any atom is 0.0367 e. The molecular weight excluding hydrogens is 210 g/mol. The molecule has 0 aliphatic carbocycles. The van der Waals surface area contributed by atoms with Gasteiger partial charge in [0.15, 0.2) is 0 Å². The van der Waals surface area contributed by atoms with Crippen molar-refractivity contribution in [2.24, 2.45) is 0 Å². The maximum absolute atomic E-state index is 3.38. The number of piperazine rings is 1. The zero-order valence-electron chi connectivity index (χ0n) is 10.7. The molecule has 0 aromatic heterocycles. The van der Waals surface area contributed by atoms with Gasteiger partial charge >= 0.3 is 0 Å². The zero-order chi connectivity index (χ0) is 11.9. The lowest BCUT2D eigenvalue weighted by molar-refractivity contribution is 0.589. The highest BCUT2D eigenvalue weighted by atomic mass is 15.2. The minimum absolute atomic E-state index is 1.10. The van der Waals surface area contributed by atoms with E-state index in [0.29, 0.717) is 0 Å². The van der Waals surface area contributed by atoms with E-state index < -0.39 is 0 Å². The van der Waals surface area contributed by atoms with E-state index >= 15 is 0 Å². The van der Waals surface area contributed by atoms with E-state index in [0.717, 1.165) is 32.7 Å². The van der Waals surface area contributed by atoms with Gasteiger partial charge in [-0.1, -0.05) is 12.1 Å². The van der Waals surface area contributed by atoms with Crippen LogP contribution in [0.15, 0.2) is 24.3 Å². The smallest absolute Gasteiger partial charge is 0.0367 e. The third kappa shape index (κ3) is 3.72. The summed E-state index contributed by atoms with van der Waals surface area (Å²) in [6.07, 6.45) is 2.38. The molecule has 3 nitrogen and oxygen atoms in total. The first-order valence-electron chi connectivity index (χ1n) is 6.59. The number of aryl methyl sites for hydroxylation is 1. The van der Waals surface area contributed by atoms with E-state index in [-0.39, 0.29) is 0 Å². The number of nitrogens with one attached hydrogen (secondary N) is 2. The standard InChI is InChI=1S/C14H23N3/c1-15-8-2-3-13-4-6-14(7-5-13)17-11-9-16-10-12-17/h4-7,15-16H,2-3,8-12H2,1H3. The molecule has 0 saturated carbocycles. The fourth-order valence-corrected chi connectivity index (χ4v) is 2.27. The second-order valence-electron chi connectivity index (χ2n) is 4.61. The molecule has 1 aromatic rings. The quantitative estimate of drug-likeness (QED) is 0.750. The van der Waals surface area contributed by atoms with Crippen molar-refractivity contribution in [1.82, 2.24) is 10.6 Å². The highest BCUT2D eigenvalue weighted by Gasteiger charge is 2.09. The molecule has 0 bridgehead atoms. The van der Waals surface area contributed by atoms with Gasteiger partial charge in [-0.3, -0.25) is 0 Å². The Balaban J connectivity index is 1.88. The van der Waals surface area contributed by atoms with Crippen LogP contribution in [0.3, 0.4) is 0 Å². The van der Waals surface area contributed by atoms with Crippen LogP contribution >= 0.6 is 0 Å². The second kappa shape index (κ2) is 6.62. The summed E-state index contributed by atoms with van der Waals surface area (Å²) in [5, 5.41) is 6.57. The third-order valence-corrected chi connectivity index (χ3v) is 3.31. The van der Waals surface area contributed by atoms with Gasteiger partial charge in [0, 0.05) is 31.9 Å². The normalized spacial score (nSPS) is 16.2. The van der Waals surface area contributed by atoms with Crippen molar-refractivity contribution < 1.29 is 0 Å². The molecule has 94 valence electrons. The Labute approximate surface area is 104 Å². The largest absolute Gasteiger partial charge is 0.369 e. The number of hydrogen-bond donors (Lipinski definition) is 2. The fourth-order valence-electron chi connectivity index (χ4n) is 2.27. The molecule has 1 aliphatic heterocycles. The van der Waals surface area contributed by atoms with Gasteiger partial charge in [0.25, 0.3) is 0 Å². The molecule has 1 saturated heterocycles. The molecule has 0 amide bonds. The lowest BCUT2D eigenvalue weighted by atomic mass is 10.1. The van der Waals surface area contributed by atoms with Gasteiger partial charge in [-0.05, 0) is 44.1 Å². The molecule has 1 aliphatic rings. The molecule has 0 radical (unpaired) electrons. The van der Waals surface area contributed by atoms with Crippen molar-refractivity contribution in [3.8, 4) is 0 Å². The van der Waals surface area contributed by atoms with Crippen LogP contribution in [-0.2, 0) is 6.42 Å². The number of benzene rings is 1. The average Bonchev–Trinajstić information content (AvgIpc) is 2.41. The Bertz CT molecular complexity index is 315. The molecule has 1 fully saturated rings. The molecule has 3 heteroatoms. The molecule has 0 atom stereocenters. The number of nitrogens with zero attached hydrogens (tertiary/aromatic N) is 1. The van der Waals surface area contributed by atoms with E-state index in [1.165, 1.54) is 24.1 Å². The molecule has 1 heterocycles. The predicted molar refractivity (Wildman–Crippen MR) is 73.8 cm³/mol. The number of rotatable bonds is 5. The summed E-state index contributed by atoms with van der Waals surface area (Å²) < 4.78 is 0. The van der Waals surface area contributed by atoms with Crippen LogP contribution in [0.1, 0.15) is 12.0 Å². The summed E-state index contributed by atoms with van der Waals surface area (Å²) in [5.41, 5.74) is 2.81. The number of anilines is 1. The maximum atomic E-state index is 3.38. The number of hydrogen-bond acceptors (Lipinski definition) is 3. The topological polar surface area (TPSA) is 27.3 Å². The lowest BCUT2D eigenvalue weighted by Crippen LogP contribution is -2.43. The van der Waals surface area contributed by atoms with Gasteiger partial charge < -0.3 is 15.5 Å². The Kier molecular flexibility index (Phi) is 4.83. The van der Waals surface area contributed by atoms with Crippen LogP contribution in [0, 0.1) is 0 Å². The van der Waals surface area contributed by atoms with Gasteiger partial charge in [0.2, 0.25) is 0 Å². The van der Waals surface area contributed by atoms with Crippen LogP contribution < -0.4 is 15.5 Å². The molecule has 17 heavy (non-hydrogen) atoms. The summed E-state index contributed by atoms with van der Waals surface area (Å²) in [7, 11) is 2.01. The first kappa shape index (κ1) is 12.4. The van der Waals surface area contributed by atoms with E-state index in [1.54, 1.807) is 0 Å². The van der Waals surface area contributed by atoms with Gasteiger partial charge in [0.05, 0.1) is 0 Å². The first-order valence-corrected chi connectivity index (χ1v) is 6.59. The molecule has 1 aromatic carbocycles. The van der Waals surface area contributed by atoms with Gasteiger partial charge in [0.1, 0.15) is 0 Å². The summed E-state index contributed by atoms with van der Waals surface area (Å²) in [6, 6.07) is 9.07. The summed E-state index contributed by atoms with van der Waals surface area (Å²) in [6.45, 7) is 5.55. The van der Waals surface area contributed by atoms with E-state index in [1.807, 2.05) is 7.05 Å². The van der Waals surface area contributed by atoms with Gasteiger partial charge in [-0.2, -0.15) is 0 Å². The Morgan fingerprint density at radius 2 is 1.88 bits per heavy atom. The highest BCUT2D eigenvalue weighted by Crippen LogP contribution is 2.16. The Morgan fingerprint density at radius 1 is 1.18 bits per heavy atom. The van der Waals surface area contributed by atoms with Crippen LogP contribution in [0.4, 0.5) is 5.69 Å². The Morgan fingerprint density at radius 3 is 2.53 bits per heavy atom. The lowest BCUT2D eigenvalue weighted by Gasteiger charge is -2.29. The summed E-state index contributed by atoms with van der Waals surface area (Å²) in [4.78, 5) is 2.45. The van der Waals surface area contributed by atoms with Gasteiger partial charge in [-0.15, -0.1) is 0 Å². The van der Waals surface area contributed by atoms with Crippen molar-refractivity contribution in [1.29, 1.82) is 0 Å². The van der Waals surface area contributed by atoms with E-state index in [2.05, 4.69) is 39.8 Å². The fraction of sp³-hybridized carbons (Fsp3) is 0.571. The summed E-state index contributed by atoms with van der Waals surface area (Å²) in [5.74, 6) is 0. The van der Waals surface area contributed by atoms with E-state index in [4.69, 9.17) is 0 Å². The highest BCUT2D eigenvalue weighted by molar-refractivity contribution is 5.48. The molecule has 0 unspecified atom stereocenters. The van der Waals surface area contributed by atoms with E-state index in [9.17, 15) is 0 Å². The van der Waals surface area contributed by atoms with Crippen molar-refractivity contribution in [3.63, 3.8) is 0 Å². The van der Waals surface area contributed by atoms with Crippen molar-refractivity contribution in [3.05, 3.63) is 29.8 Å². The minimum atomic E-state index is 1.10. The van der Waals surface area contributed by atoms with Crippen molar-refractivity contribution in [2.45, 2.75) is 12.8 Å². The third-order valence-electron chi connectivity index (χ3n) is 3.31. The van der Waals surface area contributed by atoms with Crippen LogP contribution in [0.2, 0.25) is 0 Å². The van der Waals surface area contributed by atoms with Crippen LogP contribution in [-0.4, -0.2) is 39.8 Å². The zero-order valence-corrected chi connectivity index (χ0v) is 10.7. The minimum Gasteiger partial charge on any atom is -0.369 e. The van der Waals surface area contributed by atoms with Gasteiger partial charge in [-0.25, -0.2) is 0 Å². The summed E-state index contributed by atoms with van der Waals surface area (Å²) >= 11 is 0. The predicted octanol–water partition coefficient (Wildman–Crippen LogP) is 1.25. The molecule has 2 rings (SSSR count). The molecular formula is C14H23N3. The second-order valence-corrected chi connectivity index (χ2v) is 4.61. The van der Waals surface area contributed by atoms with Crippen molar-refractivity contribution >= 4 is 5.69 Å². The Hall–Kier alpha value is -1.06. The average molecular weight is 233 g/mol. The van der Waals surface area contributed by atoms with Crippen molar-refractivity contribution in [2.75, 3.05) is 44.7 Å². The monoisotopic (exact) mass is 233 g/mol. The first-order chi connectivity index (χ1) is 8.40. The van der Waals surface area contributed by atoms with Crippen LogP contribution in [0.25, 0.3) is 0 Å². The SMILES string of the molecule is CNCCCc1ccc(N2CCNCC2)cc1. The molecule has 2 N–H and O–H groups in total. The van der Waals surface area contributed by atoms with Crippen LogP contribution in [0.5, 0.6) is 0 Å². The molecule has 0 spiro atoms.